The Bertz CT molecular complexity index is 1680. The van der Waals surface area contributed by atoms with Gasteiger partial charge in [0, 0.05) is 5.56 Å². The Morgan fingerprint density at radius 2 is 1.67 bits per heavy atom. The predicted molar refractivity (Wildman–Crippen MR) is 162 cm³/mol. The predicted octanol–water partition coefficient (Wildman–Crippen LogP) is 6.23. The van der Waals surface area contributed by atoms with Crippen molar-refractivity contribution in [1.82, 2.24) is 4.98 Å². The second-order valence-corrected chi connectivity index (χ2v) is 10.6. The number of nitrogens with zero attached hydrogens (tertiary/aromatic N) is 2. The number of carbonyl (C=O) groups excluding carboxylic acids is 3. The van der Waals surface area contributed by atoms with Gasteiger partial charge in [-0.2, -0.15) is 0 Å². The van der Waals surface area contributed by atoms with Crippen molar-refractivity contribution in [2.24, 2.45) is 0 Å². The quantitative estimate of drug-likeness (QED) is 0.0989. The lowest BCUT2D eigenvalue weighted by Crippen LogP contribution is -2.29. The molecular formula is C33H30N2O7S. The monoisotopic (exact) mass is 598 g/mol. The van der Waals surface area contributed by atoms with Crippen LogP contribution in [0.15, 0.2) is 84.4 Å². The van der Waals surface area contributed by atoms with Crippen LogP contribution in [-0.2, 0) is 20.9 Å². The Morgan fingerprint density at radius 3 is 2.37 bits per heavy atom. The Labute approximate surface area is 253 Å². The molecule has 1 saturated heterocycles. The summed E-state index contributed by atoms with van der Waals surface area (Å²) in [5.74, 6) is -1.57. The minimum Gasteiger partial charge on any atom is -0.507 e. The lowest BCUT2D eigenvalue weighted by molar-refractivity contribution is -0.132. The van der Waals surface area contributed by atoms with E-state index in [9.17, 15) is 19.5 Å². The van der Waals surface area contributed by atoms with E-state index in [1.807, 2.05) is 37.3 Å². The second-order valence-electron chi connectivity index (χ2n) is 9.60. The number of thiazole rings is 1. The number of aromatic nitrogens is 1. The van der Waals surface area contributed by atoms with Crippen LogP contribution in [0.4, 0.5) is 5.13 Å². The van der Waals surface area contributed by atoms with Gasteiger partial charge in [0.25, 0.3) is 5.78 Å². The molecule has 1 unspecified atom stereocenters. The second kappa shape index (κ2) is 12.9. The van der Waals surface area contributed by atoms with E-state index in [0.29, 0.717) is 41.5 Å². The van der Waals surface area contributed by atoms with Gasteiger partial charge in [0.2, 0.25) is 0 Å². The summed E-state index contributed by atoms with van der Waals surface area (Å²) >= 11 is 0.955. The zero-order valence-electron chi connectivity index (χ0n) is 23.9. The number of esters is 1. The third kappa shape index (κ3) is 6.14. The van der Waals surface area contributed by atoms with Gasteiger partial charge >= 0.3 is 11.9 Å². The number of aliphatic hydroxyl groups is 1. The Hall–Kier alpha value is -4.96. The summed E-state index contributed by atoms with van der Waals surface area (Å²) in [5.41, 5.74) is 2.12. The van der Waals surface area contributed by atoms with E-state index in [0.717, 1.165) is 16.9 Å². The number of ketones is 1. The van der Waals surface area contributed by atoms with E-state index in [1.165, 1.54) is 4.90 Å². The molecule has 0 aliphatic carbocycles. The molecule has 9 nitrogen and oxygen atoms in total. The summed E-state index contributed by atoms with van der Waals surface area (Å²) in [7, 11) is 0. The van der Waals surface area contributed by atoms with E-state index < -0.39 is 23.7 Å². The number of hydrogen-bond acceptors (Lipinski definition) is 9. The van der Waals surface area contributed by atoms with Crippen molar-refractivity contribution in [1.29, 1.82) is 0 Å². The fourth-order valence-corrected chi connectivity index (χ4v) is 5.75. The zero-order chi connectivity index (χ0) is 30.5. The first-order chi connectivity index (χ1) is 20.8. The fraction of sp³-hybridized carbons (Fsp3) is 0.212. The molecule has 2 heterocycles. The third-order valence-corrected chi connectivity index (χ3v) is 7.90. The van der Waals surface area contributed by atoms with Gasteiger partial charge in [-0.3, -0.25) is 14.5 Å². The summed E-state index contributed by atoms with van der Waals surface area (Å²) < 4.78 is 16.6. The molecule has 3 aromatic carbocycles. The van der Waals surface area contributed by atoms with Gasteiger partial charge in [-0.15, -0.1) is 0 Å². The highest BCUT2D eigenvalue weighted by Crippen LogP contribution is 2.44. The van der Waals surface area contributed by atoms with E-state index in [-0.39, 0.29) is 27.9 Å². The largest absolute Gasteiger partial charge is 0.507 e. The van der Waals surface area contributed by atoms with Crippen molar-refractivity contribution in [3.63, 3.8) is 0 Å². The van der Waals surface area contributed by atoms with Crippen LogP contribution in [0.5, 0.6) is 11.5 Å². The Morgan fingerprint density at radius 1 is 0.930 bits per heavy atom. The van der Waals surface area contributed by atoms with Crippen LogP contribution in [0.25, 0.3) is 5.76 Å². The molecule has 1 atom stereocenters. The smallest absolute Gasteiger partial charge is 0.350 e. The molecule has 1 N–H and O–H groups in total. The molecule has 0 radical (unpaired) electrons. The van der Waals surface area contributed by atoms with Crippen LogP contribution in [0.2, 0.25) is 0 Å². The molecule has 5 rings (SSSR count). The Balaban J connectivity index is 1.58. The van der Waals surface area contributed by atoms with Gasteiger partial charge in [0.1, 0.15) is 28.7 Å². The maximum absolute atomic E-state index is 13.6. The minimum absolute atomic E-state index is 0.109. The van der Waals surface area contributed by atoms with Gasteiger partial charge in [0.05, 0.1) is 30.5 Å². The van der Waals surface area contributed by atoms with E-state index in [1.54, 1.807) is 62.4 Å². The first-order valence-electron chi connectivity index (χ1n) is 13.8. The van der Waals surface area contributed by atoms with Crippen LogP contribution >= 0.6 is 11.3 Å². The maximum Gasteiger partial charge on any atom is 0.350 e. The molecule has 43 heavy (non-hydrogen) atoms. The molecule has 0 spiro atoms. The number of rotatable bonds is 10. The van der Waals surface area contributed by atoms with Crippen LogP contribution in [-0.4, -0.2) is 41.0 Å². The standard InChI is InChI=1S/C33H30N2O7S/c1-4-40-25-13-9-12-23(18-25)28(36)26-27(22-14-16-24(17-15-22)42-19-21-10-7-6-8-11-21)35(31(38)29(26)37)33-34-20(3)30(43-33)32(39)41-5-2/h6-18,27,36H,4-5,19H2,1-3H3/b28-26+. The average Bonchev–Trinajstić information content (AvgIpc) is 3.53. The topological polar surface area (TPSA) is 115 Å². The highest BCUT2D eigenvalue weighted by Gasteiger charge is 2.48. The zero-order valence-corrected chi connectivity index (χ0v) is 24.7. The van der Waals surface area contributed by atoms with E-state index in [2.05, 4.69) is 4.98 Å². The first-order valence-corrected chi connectivity index (χ1v) is 14.6. The van der Waals surface area contributed by atoms with Crippen LogP contribution in [0.1, 0.15) is 51.9 Å². The van der Waals surface area contributed by atoms with Gasteiger partial charge in [-0.1, -0.05) is 65.9 Å². The average molecular weight is 599 g/mol. The highest BCUT2D eigenvalue weighted by atomic mass is 32.1. The number of hydrogen-bond donors (Lipinski definition) is 1. The number of anilines is 1. The minimum atomic E-state index is -1.03. The molecule has 1 fully saturated rings. The molecule has 0 bridgehead atoms. The lowest BCUT2D eigenvalue weighted by Gasteiger charge is -2.23. The molecule has 1 aromatic heterocycles. The van der Waals surface area contributed by atoms with Crippen LogP contribution in [0, 0.1) is 6.92 Å². The Kier molecular flexibility index (Phi) is 8.87. The number of benzene rings is 3. The van der Waals surface area contributed by atoms with Crippen molar-refractivity contribution in [2.75, 3.05) is 18.1 Å². The number of aliphatic hydroxyl groups excluding tert-OH is 1. The summed E-state index contributed by atoms with van der Waals surface area (Å²) in [6.07, 6.45) is 0. The van der Waals surface area contributed by atoms with Crippen molar-refractivity contribution in [3.8, 4) is 11.5 Å². The van der Waals surface area contributed by atoms with Crippen molar-refractivity contribution in [3.05, 3.63) is 112 Å². The molecule has 220 valence electrons. The van der Waals surface area contributed by atoms with Crippen molar-refractivity contribution >= 4 is 39.9 Å². The summed E-state index contributed by atoms with van der Waals surface area (Å²) in [5, 5.41) is 11.6. The highest BCUT2D eigenvalue weighted by molar-refractivity contribution is 7.17. The van der Waals surface area contributed by atoms with Gasteiger partial charge in [-0.05, 0) is 56.2 Å². The molecule has 10 heteroatoms. The molecule has 1 amide bonds. The number of Topliss-reactive ketones (excluding diaryl/α,β-unsaturated/α-hetero) is 1. The van der Waals surface area contributed by atoms with Crippen LogP contribution < -0.4 is 14.4 Å². The fourth-order valence-electron chi connectivity index (χ4n) is 4.76. The normalized spacial score (nSPS) is 15.9. The van der Waals surface area contributed by atoms with Crippen molar-refractivity contribution in [2.45, 2.75) is 33.4 Å². The first kappa shape index (κ1) is 29.5. The third-order valence-electron chi connectivity index (χ3n) is 6.76. The SMILES string of the molecule is CCOC(=O)c1sc(N2C(=O)C(=O)/C(=C(/O)c3cccc(OCC)c3)C2c2ccc(OCc3ccccc3)cc2)nc1C. The summed E-state index contributed by atoms with van der Waals surface area (Å²) in [6, 6.07) is 22.3. The molecular weight excluding hydrogens is 568 g/mol. The van der Waals surface area contributed by atoms with E-state index >= 15 is 0 Å². The summed E-state index contributed by atoms with van der Waals surface area (Å²) in [4.78, 5) is 45.6. The van der Waals surface area contributed by atoms with Gasteiger partial charge in [-0.25, -0.2) is 9.78 Å². The molecule has 1 aliphatic heterocycles. The molecule has 1 aliphatic rings. The van der Waals surface area contributed by atoms with Gasteiger partial charge < -0.3 is 19.3 Å². The number of carbonyl (C=O) groups is 3. The maximum atomic E-state index is 13.6. The van der Waals surface area contributed by atoms with Gasteiger partial charge in [0.15, 0.2) is 5.13 Å². The van der Waals surface area contributed by atoms with Crippen molar-refractivity contribution < 1.29 is 33.7 Å². The molecule has 4 aromatic rings. The number of aryl methyl sites for hydroxylation is 1. The number of amides is 1. The van der Waals surface area contributed by atoms with E-state index in [4.69, 9.17) is 14.2 Å². The number of ether oxygens (including phenoxy) is 3. The molecule has 0 saturated carbocycles. The van der Waals surface area contributed by atoms with Crippen LogP contribution in [0.3, 0.4) is 0 Å². The lowest BCUT2D eigenvalue weighted by atomic mass is 9.95. The summed E-state index contributed by atoms with van der Waals surface area (Å²) in [6.45, 7) is 6.13.